The molecule has 1 atom stereocenters. The van der Waals surface area contributed by atoms with Crippen LogP contribution in [0.3, 0.4) is 0 Å². The quantitative estimate of drug-likeness (QED) is 0.769. The van der Waals surface area contributed by atoms with Gasteiger partial charge in [-0.2, -0.15) is 0 Å². The summed E-state index contributed by atoms with van der Waals surface area (Å²) in [5.74, 6) is -0.799. The van der Waals surface area contributed by atoms with E-state index in [4.69, 9.17) is 10.7 Å². The van der Waals surface area contributed by atoms with Gasteiger partial charge in [-0.1, -0.05) is 20.8 Å². The zero-order valence-electron chi connectivity index (χ0n) is 11.8. The summed E-state index contributed by atoms with van der Waals surface area (Å²) in [5.41, 5.74) is -0.106. The van der Waals surface area contributed by atoms with Gasteiger partial charge in [-0.3, -0.25) is 4.79 Å². The van der Waals surface area contributed by atoms with Crippen molar-refractivity contribution in [2.45, 2.75) is 25.7 Å². The summed E-state index contributed by atoms with van der Waals surface area (Å²) in [5, 5.41) is 2.65. The Morgan fingerprint density at radius 1 is 1.38 bits per heavy atom. The predicted octanol–water partition coefficient (Wildman–Crippen LogP) is 3.54. The lowest BCUT2D eigenvalue weighted by molar-refractivity contribution is 0.0943. The van der Waals surface area contributed by atoms with Crippen LogP contribution in [0, 0.1) is 17.7 Å². The summed E-state index contributed by atoms with van der Waals surface area (Å²) >= 11 is 3.00. The molecule has 1 aromatic rings. The molecule has 0 aliphatic carbocycles. The second-order valence-electron chi connectivity index (χ2n) is 5.13. The third-order valence-corrected chi connectivity index (χ3v) is 5.70. The third-order valence-electron chi connectivity index (χ3n) is 3.23. The van der Waals surface area contributed by atoms with Crippen molar-refractivity contribution in [2.75, 3.05) is 6.54 Å². The molecule has 21 heavy (non-hydrogen) atoms. The summed E-state index contributed by atoms with van der Waals surface area (Å²) in [6.45, 7) is 6.42. The molecule has 0 fully saturated rings. The maximum absolute atomic E-state index is 13.5. The molecular formula is C13H16BrClFNO3S. The molecule has 0 aromatic heterocycles. The zero-order valence-corrected chi connectivity index (χ0v) is 14.9. The Bertz CT molecular complexity index is 649. The van der Waals surface area contributed by atoms with Crippen molar-refractivity contribution in [1.82, 2.24) is 5.32 Å². The summed E-state index contributed by atoms with van der Waals surface area (Å²) in [6, 6.07) is 1.73. The summed E-state index contributed by atoms with van der Waals surface area (Å²) in [6.07, 6.45) is 0. The van der Waals surface area contributed by atoms with Gasteiger partial charge in [0.2, 0.25) is 0 Å². The van der Waals surface area contributed by atoms with Crippen molar-refractivity contribution in [3.8, 4) is 0 Å². The topological polar surface area (TPSA) is 63.2 Å². The number of hydrogen-bond acceptors (Lipinski definition) is 3. The molecule has 4 nitrogen and oxygen atoms in total. The Hall–Kier alpha value is -0.660. The van der Waals surface area contributed by atoms with Crippen LogP contribution in [0.15, 0.2) is 21.5 Å². The number of halogens is 3. The largest absolute Gasteiger partial charge is 0.352 e. The number of carbonyl (C=O) groups is 1. The number of nitrogens with one attached hydrogen (secondary N) is 1. The van der Waals surface area contributed by atoms with Gasteiger partial charge in [0.25, 0.3) is 15.0 Å². The van der Waals surface area contributed by atoms with E-state index in [1.807, 2.05) is 20.8 Å². The van der Waals surface area contributed by atoms with Gasteiger partial charge in [0.05, 0.1) is 10.0 Å². The number of carbonyl (C=O) groups excluding carboxylic acids is 1. The zero-order chi connectivity index (χ0) is 16.4. The molecule has 1 unspecified atom stereocenters. The Kier molecular flexibility index (Phi) is 6.19. The molecule has 0 spiro atoms. The van der Waals surface area contributed by atoms with Crippen LogP contribution in [0.25, 0.3) is 0 Å². The summed E-state index contributed by atoms with van der Waals surface area (Å²) < 4.78 is 36.2. The van der Waals surface area contributed by atoms with Crippen LogP contribution in [0.4, 0.5) is 4.39 Å². The first-order valence-corrected chi connectivity index (χ1v) is 9.36. The molecule has 0 saturated heterocycles. The van der Waals surface area contributed by atoms with Crippen LogP contribution >= 0.6 is 26.6 Å². The smallest absolute Gasteiger partial charge is 0.262 e. The van der Waals surface area contributed by atoms with Gasteiger partial charge in [0.1, 0.15) is 10.7 Å². The van der Waals surface area contributed by atoms with E-state index in [2.05, 4.69) is 21.2 Å². The van der Waals surface area contributed by atoms with E-state index in [-0.39, 0.29) is 16.0 Å². The summed E-state index contributed by atoms with van der Waals surface area (Å²) in [4.78, 5) is 11.6. The second-order valence-corrected chi connectivity index (χ2v) is 8.46. The highest BCUT2D eigenvalue weighted by molar-refractivity contribution is 9.10. The summed E-state index contributed by atoms with van der Waals surface area (Å²) in [7, 11) is 1.07. The first-order chi connectivity index (χ1) is 9.54. The maximum atomic E-state index is 13.5. The van der Waals surface area contributed by atoms with Crippen LogP contribution in [0.5, 0.6) is 0 Å². The Morgan fingerprint density at radius 2 is 1.95 bits per heavy atom. The maximum Gasteiger partial charge on any atom is 0.262 e. The normalized spacial score (nSPS) is 13.3. The Labute approximate surface area is 136 Å². The third kappa shape index (κ3) is 4.93. The molecule has 1 N–H and O–H groups in total. The monoisotopic (exact) mass is 399 g/mol. The van der Waals surface area contributed by atoms with E-state index in [0.717, 1.165) is 12.1 Å². The molecule has 1 amide bonds. The fourth-order valence-electron chi connectivity index (χ4n) is 1.49. The van der Waals surface area contributed by atoms with Gasteiger partial charge in [0.15, 0.2) is 0 Å². The standard InChI is InChI=1S/C13H16BrClFNO3S/c1-7(2)8(3)6-17-13(18)10-4-9(16)5-11(12(10)14)21(15,19)20/h4-5,7-8H,6H2,1-3H3,(H,17,18). The van der Waals surface area contributed by atoms with Gasteiger partial charge in [-0.15, -0.1) is 0 Å². The van der Waals surface area contributed by atoms with Gasteiger partial charge in [-0.25, -0.2) is 12.8 Å². The Morgan fingerprint density at radius 3 is 2.43 bits per heavy atom. The molecule has 0 radical (unpaired) electrons. The van der Waals surface area contributed by atoms with E-state index in [0.29, 0.717) is 12.5 Å². The number of amides is 1. The van der Waals surface area contributed by atoms with E-state index in [1.54, 1.807) is 0 Å². The lowest BCUT2D eigenvalue weighted by atomic mass is 9.98. The fraction of sp³-hybridized carbons (Fsp3) is 0.462. The van der Waals surface area contributed by atoms with Crippen LogP contribution < -0.4 is 5.32 Å². The SMILES string of the molecule is CC(C)C(C)CNC(=O)c1cc(F)cc(S(=O)(=O)Cl)c1Br. The average molecular weight is 401 g/mol. The highest BCUT2D eigenvalue weighted by atomic mass is 79.9. The lowest BCUT2D eigenvalue weighted by Crippen LogP contribution is -2.30. The average Bonchev–Trinajstić information content (AvgIpc) is 2.36. The highest BCUT2D eigenvalue weighted by Crippen LogP contribution is 2.29. The van der Waals surface area contributed by atoms with Crippen molar-refractivity contribution >= 4 is 41.6 Å². The van der Waals surface area contributed by atoms with E-state index >= 15 is 0 Å². The van der Waals surface area contributed by atoms with E-state index < -0.39 is 25.7 Å². The molecule has 118 valence electrons. The number of rotatable bonds is 5. The Balaban J connectivity index is 3.08. The molecular weight excluding hydrogens is 385 g/mol. The van der Waals surface area contributed by atoms with Crippen LogP contribution in [-0.4, -0.2) is 20.9 Å². The number of benzene rings is 1. The molecule has 0 saturated carbocycles. The van der Waals surface area contributed by atoms with Gasteiger partial charge >= 0.3 is 0 Å². The van der Waals surface area contributed by atoms with Crippen molar-refractivity contribution in [2.24, 2.45) is 11.8 Å². The minimum atomic E-state index is -4.15. The minimum absolute atomic E-state index is 0.0476. The molecule has 1 rings (SSSR count). The number of hydrogen-bond donors (Lipinski definition) is 1. The fourth-order valence-corrected chi connectivity index (χ4v) is 3.76. The molecule has 0 heterocycles. The first-order valence-electron chi connectivity index (χ1n) is 6.26. The van der Waals surface area contributed by atoms with Gasteiger partial charge in [-0.05, 0) is 39.9 Å². The second kappa shape index (κ2) is 7.07. The molecule has 0 bridgehead atoms. The van der Waals surface area contributed by atoms with Crippen molar-refractivity contribution in [3.63, 3.8) is 0 Å². The van der Waals surface area contributed by atoms with E-state index in [1.165, 1.54) is 0 Å². The highest BCUT2D eigenvalue weighted by Gasteiger charge is 2.22. The molecule has 0 aliphatic rings. The van der Waals surface area contributed by atoms with Crippen molar-refractivity contribution in [3.05, 3.63) is 28.0 Å². The van der Waals surface area contributed by atoms with Crippen molar-refractivity contribution < 1.29 is 17.6 Å². The molecule has 8 heteroatoms. The first kappa shape index (κ1) is 18.4. The molecule has 1 aromatic carbocycles. The van der Waals surface area contributed by atoms with Crippen LogP contribution in [0.2, 0.25) is 0 Å². The van der Waals surface area contributed by atoms with Crippen LogP contribution in [-0.2, 0) is 9.05 Å². The van der Waals surface area contributed by atoms with Gasteiger partial charge in [0, 0.05) is 17.2 Å². The van der Waals surface area contributed by atoms with Gasteiger partial charge < -0.3 is 5.32 Å². The predicted molar refractivity (Wildman–Crippen MR) is 83.5 cm³/mol. The van der Waals surface area contributed by atoms with E-state index in [9.17, 15) is 17.6 Å². The van der Waals surface area contributed by atoms with Crippen molar-refractivity contribution in [1.29, 1.82) is 0 Å². The lowest BCUT2D eigenvalue weighted by Gasteiger charge is -2.16. The minimum Gasteiger partial charge on any atom is -0.352 e. The van der Waals surface area contributed by atoms with Crippen LogP contribution in [0.1, 0.15) is 31.1 Å². The molecule has 0 aliphatic heterocycles.